The highest BCUT2D eigenvalue weighted by Gasteiger charge is 2.80. The Labute approximate surface area is 189 Å². The lowest BCUT2D eigenvalue weighted by Gasteiger charge is -2.60. The molecule has 7 nitrogen and oxygen atoms in total. The molecule has 2 saturated heterocycles. The SMILES string of the molecule is CC(=O)OC1CC2C3CCC4=CC(=O)CCC4(C)C3CCC2(C)C12OCOC21COCO1. The van der Waals surface area contributed by atoms with Gasteiger partial charge in [0.1, 0.15) is 12.7 Å². The van der Waals surface area contributed by atoms with Gasteiger partial charge in [0.05, 0.1) is 0 Å². The summed E-state index contributed by atoms with van der Waals surface area (Å²) in [6.07, 6.45) is 7.90. The Morgan fingerprint density at radius 3 is 2.62 bits per heavy atom. The maximum Gasteiger partial charge on any atom is 0.303 e. The molecule has 0 amide bonds. The molecule has 7 heteroatoms. The zero-order chi connectivity index (χ0) is 22.4. The lowest BCUT2D eigenvalue weighted by Crippen LogP contribution is -2.68. The molecule has 0 radical (unpaired) electrons. The van der Waals surface area contributed by atoms with E-state index in [9.17, 15) is 9.59 Å². The van der Waals surface area contributed by atoms with Crippen LogP contribution in [0.15, 0.2) is 11.6 Å². The number of esters is 1. The summed E-state index contributed by atoms with van der Waals surface area (Å²) in [5, 5.41) is 0. The summed E-state index contributed by atoms with van der Waals surface area (Å²) in [7, 11) is 0. The molecule has 2 heterocycles. The molecular weight excluding hydrogens is 412 g/mol. The van der Waals surface area contributed by atoms with E-state index >= 15 is 0 Å². The van der Waals surface area contributed by atoms with Crippen LogP contribution in [0, 0.1) is 28.6 Å². The average molecular weight is 447 g/mol. The van der Waals surface area contributed by atoms with Crippen LogP contribution < -0.4 is 0 Å². The third-order valence-electron chi connectivity index (χ3n) is 10.2. The van der Waals surface area contributed by atoms with Crippen LogP contribution in [0.5, 0.6) is 0 Å². The summed E-state index contributed by atoms with van der Waals surface area (Å²) < 4.78 is 30.3. The first kappa shape index (κ1) is 21.3. The third kappa shape index (κ3) is 2.46. The maximum absolute atomic E-state index is 12.2. The first-order valence-electron chi connectivity index (χ1n) is 12.2. The molecule has 0 aromatic carbocycles. The summed E-state index contributed by atoms with van der Waals surface area (Å²) in [6, 6.07) is 0. The molecule has 6 rings (SSSR count). The normalized spacial score (nSPS) is 52.0. The molecule has 8 unspecified atom stereocenters. The van der Waals surface area contributed by atoms with Gasteiger partial charge in [0.15, 0.2) is 25.0 Å². The van der Waals surface area contributed by atoms with E-state index < -0.39 is 17.5 Å². The zero-order valence-corrected chi connectivity index (χ0v) is 19.3. The Balaban J connectivity index is 1.42. The Bertz CT molecular complexity index is 870. The lowest BCUT2D eigenvalue weighted by molar-refractivity contribution is -0.271. The molecule has 0 aromatic heterocycles. The number of hydrogen-bond acceptors (Lipinski definition) is 7. The third-order valence-corrected chi connectivity index (χ3v) is 10.2. The van der Waals surface area contributed by atoms with Gasteiger partial charge >= 0.3 is 5.97 Å². The minimum Gasteiger partial charge on any atom is -0.459 e. The fourth-order valence-electron chi connectivity index (χ4n) is 8.90. The molecule has 0 aromatic rings. The van der Waals surface area contributed by atoms with E-state index in [1.807, 2.05) is 6.08 Å². The van der Waals surface area contributed by atoms with Crippen LogP contribution in [-0.4, -0.2) is 49.4 Å². The van der Waals surface area contributed by atoms with Crippen molar-refractivity contribution in [2.75, 3.05) is 20.2 Å². The Kier molecular flexibility index (Phi) is 4.57. The van der Waals surface area contributed by atoms with E-state index in [2.05, 4.69) is 13.8 Å². The summed E-state index contributed by atoms with van der Waals surface area (Å²) in [5.74, 6) is 0.285. The van der Waals surface area contributed by atoms with E-state index in [0.717, 1.165) is 38.5 Å². The van der Waals surface area contributed by atoms with Crippen LogP contribution >= 0.6 is 0 Å². The topological polar surface area (TPSA) is 80.3 Å². The monoisotopic (exact) mass is 446 g/mol. The molecular formula is C25H34O7. The molecule has 6 aliphatic rings. The quantitative estimate of drug-likeness (QED) is 0.570. The van der Waals surface area contributed by atoms with E-state index in [0.29, 0.717) is 24.2 Å². The highest BCUT2D eigenvalue weighted by molar-refractivity contribution is 5.91. The number of hydrogen-bond donors (Lipinski definition) is 0. The van der Waals surface area contributed by atoms with Gasteiger partial charge in [-0.1, -0.05) is 19.4 Å². The van der Waals surface area contributed by atoms with Crippen molar-refractivity contribution in [3.05, 3.63) is 11.6 Å². The van der Waals surface area contributed by atoms with Crippen molar-refractivity contribution in [2.45, 2.75) is 83.2 Å². The van der Waals surface area contributed by atoms with Gasteiger partial charge in [-0.3, -0.25) is 9.59 Å². The predicted octanol–water partition coefficient (Wildman–Crippen LogP) is 3.50. The van der Waals surface area contributed by atoms with Gasteiger partial charge in [-0.15, -0.1) is 0 Å². The van der Waals surface area contributed by atoms with Crippen molar-refractivity contribution in [3.8, 4) is 0 Å². The molecule has 3 saturated carbocycles. The van der Waals surface area contributed by atoms with Crippen LogP contribution in [0.4, 0.5) is 0 Å². The summed E-state index contributed by atoms with van der Waals surface area (Å²) >= 11 is 0. The molecule has 4 aliphatic carbocycles. The smallest absolute Gasteiger partial charge is 0.303 e. The number of fused-ring (bicyclic) bond motifs is 7. The van der Waals surface area contributed by atoms with Crippen LogP contribution in [0.25, 0.3) is 0 Å². The molecule has 2 spiro atoms. The number of ketones is 1. The summed E-state index contributed by atoms with van der Waals surface area (Å²) in [4.78, 5) is 24.3. The first-order valence-corrected chi connectivity index (χ1v) is 12.2. The molecule has 176 valence electrons. The Morgan fingerprint density at radius 2 is 1.88 bits per heavy atom. The van der Waals surface area contributed by atoms with Gasteiger partial charge in [-0.05, 0) is 67.8 Å². The minimum atomic E-state index is -1.04. The van der Waals surface area contributed by atoms with Crippen molar-refractivity contribution in [1.29, 1.82) is 0 Å². The second kappa shape index (κ2) is 6.87. The second-order valence-electron chi connectivity index (χ2n) is 11.3. The fraction of sp³-hybridized carbons (Fsp3) is 0.840. The highest BCUT2D eigenvalue weighted by Crippen LogP contribution is 2.72. The molecule has 0 bridgehead atoms. The van der Waals surface area contributed by atoms with E-state index in [-0.39, 0.29) is 42.8 Å². The lowest BCUT2D eigenvalue weighted by atomic mass is 9.46. The van der Waals surface area contributed by atoms with Gasteiger partial charge in [-0.2, -0.15) is 0 Å². The van der Waals surface area contributed by atoms with Crippen LogP contribution in [0.3, 0.4) is 0 Å². The van der Waals surface area contributed by atoms with Crippen molar-refractivity contribution in [3.63, 3.8) is 0 Å². The van der Waals surface area contributed by atoms with Gasteiger partial charge in [0.25, 0.3) is 0 Å². The molecule has 0 N–H and O–H groups in total. The number of rotatable bonds is 1. The number of carbonyl (C=O) groups excluding carboxylic acids is 2. The number of carbonyl (C=O) groups is 2. The zero-order valence-electron chi connectivity index (χ0n) is 19.3. The summed E-state index contributed by atoms with van der Waals surface area (Å²) in [6.45, 7) is 6.70. The predicted molar refractivity (Wildman–Crippen MR) is 112 cm³/mol. The van der Waals surface area contributed by atoms with Gasteiger partial charge in [-0.25, -0.2) is 0 Å². The molecule has 8 atom stereocenters. The number of ether oxygens (including phenoxy) is 5. The Morgan fingerprint density at radius 1 is 1.06 bits per heavy atom. The molecule has 32 heavy (non-hydrogen) atoms. The van der Waals surface area contributed by atoms with E-state index in [1.165, 1.54) is 12.5 Å². The standard InChI is InChI=1S/C25H34O7/c1-15(26)32-21-11-20-18-5-4-16-10-17(27)6-8-22(16,2)19(18)7-9-23(20,3)25(21)24(30-14-31-25)12-28-13-29-24/h10,18-21H,4-9,11-14H2,1-3H3. The highest BCUT2D eigenvalue weighted by atomic mass is 16.9. The summed E-state index contributed by atoms with van der Waals surface area (Å²) in [5.41, 5.74) is 0.299. The first-order chi connectivity index (χ1) is 15.3. The van der Waals surface area contributed by atoms with Crippen molar-refractivity contribution >= 4 is 11.8 Å². The Hall–Kier alpha value is -1.28. The van der Waals surface area contributed by atoms with Crippen molar-refractivity contribution in [2.24, 2.45) is 28.6 Å². The van der Waals surface area contributed by atoms with E-state index in [4.69, 9.17) is 23.7 Å². The fourth-order valence-corrected chi connectivity index (χ4v) is 8.90. The van der Waals surface area contributed by atoms with Gasteiger partial charge in [0.2, 0.25) is 5.79 Å². The average Bonchev–Trinajstić information content (AvgIpc) is 3.43. The van der Waals surface area contributed by atoms with Crippen molar-refractivity contribution in [1.82, 2.24) is 0 Å². The molecule has 2 aliphatic heterocycles. The van der Waals surface area contributed by atoms with Crippen LogP contribution in [-0.2, 0) is 33.3 Å². The van der Waals surface area contributed by atoms with Crippen LogP contribution in [0.2, 0.25) is 0 Å². The molecule has 5 fully saturated rings. The minimum absolute atomic E-state index is 0.0858. The van der Waals surface area contributed by atoms with Crippen molar-refractivity contribution < 1.29 is 33.3 Å². The van der Waals surface area contributed by atoms with Gasteiger partial charge < -0.3 is 23.7 Å². The maximum atomic E-state index is 12.2. The second-order valence-corrected chi connectivity index (χ2v) is 11.3. The largest absolute Gasteiger partial charge is 0.459 e. The van der Waals surface area contributed by atoms with Crippen LogP contribution in [0.1, 0.15) is 65.7 Å². The van der Waals surface area contributed by atoms with E-state index in [1.54, 1.807) is 0 Å². The van der Waals surface area contributed by atoms with Gasteiger partial charge in [0, 0.05) is 18.8 Å². The number of allylic oxidation sites excluding steroid dienone is 1.